The maximum Gasteiger partial charge on any atom is 0.335 e. The van der Waals surface area contributed by atoms with Crippen LogP contribution in [0.25, 0.3) is 0 Å². The molecule has 0 aliphatic heterocycles. The van der Waals surface area contributed by atoms with Crippen LogP contribution in [-0.4, -0.2) is 39.0 Å². The molecule has 0 fully saturated rings. The molecule has 0 aliphatic carbocycles. The summed E-state index contributed by atoms with van der Waals surface area (Å²) in [6.45, 7) is 0. The number of nitrogens with one attached hydrogen (secondary N) is 2. The number of ether oxygens (including phenoxy) is 1. The van der Waals surface area contributed by atoms with Crippen molar-refractivity contribution < 1.29 is 41.4 Å². The Labute approximate surface area is 223 Å². The summed E-state index contributed by atoms with van der Waals surface area (Å²) in [5.74, 6) is -1.66. The lowest BCUT2D eigenvalue weighted by molar-refractivity contribution is 0.0686. The molecule has 0 amide bonds. The van der Waals surface area contributed by atoms with Gasteiger partial charge in [0.2, 0.25) is 0 Å². The summed E-state index contributed by atoms with van der Waals surface area (Å²) in [6.07, 6.45) is 0. The number of rotatable bonds is 10. The van der Waals surface area contributed by atoms with Crippen LogP contribution in [0, 0.1) is 0 Å². The molecule has 0 unspecified atom stereocenters. The van der Waals surface area contributed by atoms with Crippen LogP contribution in [0.15, 0.2) is 107 Å². The number of hydrogen-bond donors (Lipinski definition) is 4. The molecule has 0 radical (unpaired) electrons. The van der Waals surface area contributed by atoms with Crippen LogP contribution >= 0.6 is 0 Å². The summed E-state index contributed by atoms with van der Waals surface area (Å²) in [7, 11) is -7.89. The van der Waals surface area contributed by atoms with Crippen molar-refractivity contribution >= 4 is 43.4 Å². The molecule has 0 bridgehead atoms. The van der Waals surface area contributed by atoms with Crippen molar-refractivity contribution in [1.29, 1.82) is 0 Å². The minimum atomic E-state index is -3.95. The van der Waals surface area contributed by atoms with Crippen LogP contribution in [0.3, 0.4) is 0 Å². The number of anilines is 2. The summed E-state index contributed by atoms with van der Waals surface area (Å²) < 4.78 is 61.0. The summed E-state index contributed by atoms with van der Waals surface area (Å²) in [6, 6.07) is 21.5. The van der Waals surface area contributed by atoms with Gasteiger partial charge in [0.1, 0.15) is 11.5 Å². The van der Waals surface area contributed by atoms with Crippen molar-refractivity contribution in [3.63, 3.8) is 0 Å². The first-order chi connectivity index (χ1) is 18.4. The van der Waals surface area contributed by atoms with Gasteiger partial charge >= 0.3 is 11.9 Å². The number of sulfonamides is 2. The summed E-state index contributed by atoms with van der Waals surface area (Å²) in [5.41, 5.74) is 0.437. The topological polar surface area (TPSA) is 176 Å². The first kappa shape index (κ1) is 27.2. The van der Waals surface area contributed by atoms with Crippen LogP contribution in [0.2, 0.25) is 0 Å². The second kappa shape index (κ2) is 10.8. The zero-order valence-corrected chi connectivity index (χ0v) is 21.4. The Morgan fingerprint density at radius 1 is 0.513 bits per heavy atom. The Bertz CT molecular complexity index is 1590. The fourth-order valence-corrected chi connectivity index (χ4v) is 5.42. The highest BCUT2D eigenvalue weighted by Gasteiger charge is 2.17. The SMILES string of the molecule is O=C(O)c1ccc(NS(=O)(=O)c2ccc(Oc3ccc(S(=O)(=O)Nc4ccc(C(=O)O)cc4)cc3)cc2)cc1. The summed E-state index contributed by atoms with van der Waals surface area (Å²) in [5, 5.41) is 17.9. The predicted octanol–water partition coefficient (Wildman–Crippen LogP) is 4.48. The van der Waals surface area contributed by atoms with Crippen molar-refractivity contribution in [1.82, 2.24) is 0 Å². The van der Waals surface area contributed by atoms with Crippen LogP contribution in [0.1, 0.15) is 20.7 Å². The van der Waals surface area contributed by atoms with Crippen molar-refractivity contribution in [3.8, 4) is 11.5 Å². The second-order valence-corrected chi connectivity index (χ2v) is 11.4. The Morgan fingerprint density at radius 3 is 1.10 bits per heavy atom. The fraction of sp³-hybridized carbons (Fsp3) is 0. The van der Waals surface area contributed by atoms with Gasteiger partial charge in [0.05, 0.1) is 20.9 Å². The monoisotopic (exact) mass is 568 g/mol. The molecule has 0 spiro atoms. The quantitative estimate of drug-likeness (QED) is 0.215. The maximum atomic E-state index is 12.6. The van der Waals surface area contributed by atoms with Gasteiger partial charge in [-0.3, -0.25) is 9.44 Å². The van der Waals surface area contributed by atoms with E-state index in [1.165, 1.54) is 97.1 Å². The van der Waals surface area contributed by atoms with E-state index < -0.39 is 32.0 Å². The van der Waals surface area contributed by atoms with Gasteiger partial charge in [-0.05, 0) is 97.1 Å². The van der Waals surface area contributed by atoms with E-state index in [-0.39, 0.29) is 32.3 Å². The highest BCUT2D eigenvalue weighted by atomic mass is 32.2. The molecular weight excluding hydrogens is 548 g/mol. The van der Waals surface area contributed by atoms with E-state index >= 15 is 0 Å². The van der Waals surface area contributed by atoms with Crippen LogP contribution < -0.4 is 14.2 Å². The normalized spacial score (nSPS) is 11.4. The lowest BCUT2D eigenvalue weighted by Gasteiger charge is -2.11. The third-order valence-electron chi connectivity index (χ3n) is 5.27. The van der Waals surface area contributed by atoms with Crippen LogP contribution in [0.4, 0.5) is 11.4 Å². The molecule has 4 rings (SSSR count). The Morgan fingerprint density at radius 2 is 0.821 bits per heavy atom. The van der Waals surface area contributed by atoms with Gasteiger partial charge in [0.25, 0.3) is 20.0 Å². The molecule has 0 aliphatic rings. The third kappa shape index (κ3) is 6.71. The number of carboxylic acids is 2. The molecule has 4 N–H and O–H groups in total. The molecule has 13 heteroatoms. The average Bonchev–Trinajstić information content (AvgIpc) is 2.89. The number of aromatic carboxylic acids is 2. The molecule has 39 heavy (non-hydrogen) atoms. The predicted molar refractivity (Wildman–Crippen MR) is 141 cm³/mol. The number of carboxylic acid groups (broad SMARTS) is 2. The van der Waals surface area contributed by atoms with E-state index in [1.807, 2.05) is 0 Å². The van der Waals surface area contributed by atoms with E-state index in [9.17, 15) is 26.4 Å². The van der Waals surface area contributed by atoms with Crippen molar-refractivity contribution in [3.05, 3.63) is 108 Å². The average molecular weight is 569 g/mol. The Hall–Kier alpha value is -4.88. The van der Waals surface area contributed by atoms with Gasteiger partial charge in [0.15, 0.2) is 0 Å². The third-order valence-corrected chi connectivity index (χ3v) is 8.07. The molecule has 4 aromatic rings. The van der Waals surface area contributed by atoms with Gasteiger partial charge < -0.3 is 14.9 Å². The van der Waals surface area contributed by atoms with Crippen molar-refractivity contribution in [2.45, 2.75) is 9.79 Å². The van der Waals surface area contributed by atoms with Gasteiger partial charge in [-0.2, -0.15) is 0 Å². The van der Waals surface area contributed by atoms with E-state index in [0.29, 0.717) is 11.5 Å². The van der Waals surface area contributed by atoms with Gasteiger partial charge in [-0.15, -0.1) is 0 Å². The summed E-state index contributed by atoms with van der Waals surface area (Å²) >= 11 is 0. The van der Waals surface area contributed by atoms with Crippen molar-refractivity contribution in [2.24, 2.45) is 0 Å². The van der Waals surface area contributed by atoms with Gasteiger partial charge in [0, 0.05) is 11.4 Å². The fourth-order valence-electron chi connectivity index (χ4n) is 3.30. The maximum absolute atomic E-state index is 12.6. The molecule has 0 aromatic heterocycles. The van der Waals surface area contributed by atoms with E-state index in [0.717, 1.165) is 0 Å². The van der Waals surface area contributed by atoms with Crippen molar-refractivity contribution in [2.75, 3.05) is 9.44 Å². The highest BCUT2D eigenvalue weighted by Crippen LogP contribution is 2.26. The van der Waals surface area contributed by atoms with Gasteiger partial charge in [-0.25, -0.2) is 26.4 Å². The Kier molecular flexibility index (Phi) is 7.56. The number of hydrogen-bond acceptors (Lipinski definition) is 7. The molecule has 4 aromatic carbocycles. The minimum Gasteiger partial charge on any atom is -0.478 e. The molecule has 200 valence electrons. The molecule has 11 nitrogen and oxygen atoms in total. The highest BCUT2D eigenvalue weighted by molar-refractivity contribution is 7.93. The summed E-state index contributed by atoms with van der Waals surface area (Å²) in [4.78, 5) is 21.8. The molecule has 0 atom stereocenters. The first-order valence-electron chi connectivity index (χ1n) is 11.0. The first-order valence-corrected chi connectivity index (χ1v) is 14.0. The molecule has 0 saturated carbocycles. The molecular formula is C26H20N2O9S2. The van der Waals surface area contributed by atoms with Gasteiger partial charge in [-0.1, -0.05) is 0 Å². The largest absolute Gasteiger partial charge is 0.478 e. The number of carbonyl (C=O) groups is 2. The second-order valence-electron chi connectivity index (χ2n) is 8.02. The van der Waals surface area contributed by atoms with Crippen LogP contribution in [0.5, 0.6) is 11.5 Å². The van der Waals surface area contributed by atoms with Crippen LogP contribution in [-0.2, 0) is 20.0 Å². The van der Waals surface area contributed by atoms with E-state index in [1.54, 1.807) is 0 Å². The zero-order valence-electron chi connectivity index (χ0n) is 19.8. The van der Waals surface area contributed by atoms with E-state index in [2.05, 4.69) is 9.44 Å². The van der Waals surface area contributed by atoms with E-state index in [4.69, 9.17) is 14.9 Å². The molecule has 0 heterocycles. The number of benzene rings is 4. The lowest BCUT2D eigenvalue weighted by atomic mass is 10.2. The lowest BCUT2D eigenvalue weighted by Crippen LogP contribution is -2.13. The standard InChI is InChI=1S/C26H20N2O9S2/c29-25(30)17-1-5-19(6-2-17)27-38(33,34)23-13-9-21(10-14-23)37-22-11-15-24(16-12-22)39(35,36)28-20-7-3-18(4-8-20)26(31)32/h1-16,27-28H,(H,29,30)(H,31,32). The molecule has 0 saturated heterocycles. The Balaban J connectivity index is 1.40. The zero-order chi connectivity index (χ0) is 28.2. The smallest absolute Gasteiger partial charge is 0.335 e. The minimum absolute atomic E-state index is 0.0219.